The monoisotopic (exact) mass is 288 g/mol. The molecule has 0 bridgehead atoms. The summed E-state index contributed by atoms with van der Waals surface area (Å²) in [6.07, 6.45) is 3.05. The predicted molar refractivity (Wildman–Crippen MR) is 84.4 cm³/mol. The van der Waals surface area contributed by atoms with E-state index in [1.807, 2.05) is 39.0 Å². The molecule has 0 unspecified atom stereocenters. The number of anilines is 1. The van der Waals surface area contributed by atoms with Crippen molar-refractivity contribution in [2.75, 3.05) is 18.5 Å². The summed E-state index contributed by atoms with van der Waals surface area (Å²) in [5.74, 6) is 0.896. The Morgan fingerprint density at radius 3 is 2.81 bits per heavy atom. The van der Waals surface area contributed by atoms with Crippen LogP contribution in [0.2, 0.25) is 0 Å². The predicted octanol–water partition coefficient (Wildman–Crippen LogP) is 2.93. The fourth-order valence-corrected chi connectivity index (χ4v) is 2.21. The number of pyridine rings is 1. The lowest BCUT2D eigenvalue weighted by Crippen LogP contribution is -2.09. The van der Waals surface area contributed by atoms with Crippen LogP contribution < -0.4 is 5.32 Å². The molecule has 0 aromatic carbocycles. The highest BCUT2D eigenvalue weighted by molar-refractivity contribution is 5.30. The van der Waals surface area contributed by atoms with Gasteiger partial charge in [-0.15, -0.1) is 0 Å². The van der Waals surface area contributed by atoms with Gasteiger partial charge in [-0.25, -0.2) is 4.98 Å². The Kier molecular flexibility index (Phi) is 5.75. The normalized spacial score (nSPS) is 10.8. The average Bonchev–Trinajstić information content (AvgIpc) is 2.82. The Balaban J connectivity index is 1.93. The van der Waals surface area contributed by atoms with Gasteiger partial charge in [-0.05, 0) is 39.3 Å². The van der Waals surface area contributed by atoms with E-state index in [4.69, 9.17) is 4.74 Å². The molecule has 5 nitrogen and oxygen atoms in total. The average molecular weight is 288 g/mol. The summed E-state index contributed by atoms with van der Waals surface area (Å²) in [6, 6.07) is 6.05. The lowest BCUT2D eigenvalue weighted by Gasteiger charge is -2.10. The molecule has 0 saturated carbocycles. The van der Waals surface area contributed by atoms with E-state index in [1.165, 1.54) is 0 Å². The highest BCUT2D eigenvalue weighted by Gasteiger charge is 2.05. The third-order valence-corrected chi connectivity index (χ3v) is 3.16. The lowest BCUT2D eigenvalue weighted by molar-refractivity contribution is 0.142. The SMILES string of the molecule is CCOCCCn1cc(C)nc1NCc1cccc(C)n1. The third-order valence-electron chi connectivity index (χ3n) is 3.16. The standard InChI is InChI=1S/C16H24N4O/c1-4-21-10-6-9-20-12-14(3)19-16(20)17-11-15-8-5-7-13(2)18-15/h5,7-8,12H,4,6,9-11H2,1-3H3,(H,17,19). The van der Waals surface area contributed by atoms with Gasteiger partial charge in [0, 0.05) is 31.6 Å². The quantitative estimate of drug-likeness (QED) is 0.759. The van der Waals surface area contributed by atoms with Crippen molar-refractivity contribution >= 4 is 5.95 Å². The van der Waals surface area contributed by atoms with Crippen LogP contribution in [0.1, 0.15) is 30.4 Å². The van der Waals surface area contributed by atoms with Crippen LogP contribution in [-0.4, -0.2) is 27.7 Å². The Hall–Kier alpha value is -1.88. The van der Waals surface area contributed by atoms with Gasteiger partial charge in [-0.2, -0.15) is 0 Å². The molecule has 0 saturated heterocycles. The van der Waals surface area contributed by atoms with E-state index in [9.17, 15) is 0 Å². The second kappa shape index (κ2) is 7.78. The maximum absolute atomic E-state index is 5.38. The molecular weight excluding hydrogens is 264 g/mol. The number of hydrogen-bond donors (Lipinski definition) is 1. The van der Waals surface area contributed by atoms with Crippen LogP contribution in [-0.2, 0) is 17.8 Å². The van der Waals surface area contributed by atoms with Gasteiger partial charge in [-0.3, -0.25) is 4.98 Å². The first-order valence-corrected chi connectivity index (χ1v) is 7.47. The summed E-state index contributed by atoms with van der Waals surface area (Å²) in [5.41, 5.74) is 3.08. The van der Waals surface area contributed by atoms with Crippen molar-refractivity contribution in [2.24, 2.45) is 0 Å². The van der Waals surface area contributed by atoms with Crippen LogP contribution in [0.3, 0.4) is 0 Å². The van der Waals surface area contributed by atoms with Crippen LogP contribution in [0.25, 0.3) is 0 Å². The molecule has 2 aromatic heterocycles. The smallest absolute Gasteiger partial charge is 0.203 e. The Bertz CT molecular complexity index is 565. The zero-order chi connectivity index (χ0) is 15.1. The van der Waals surface area contributed by atoms with E-state index in [-0.39, 0.29) is 0 Å². The molecule has 21 heavy (non-hydrogen) atoms. The molecule has 0 aliphatic carbocycles. The number of aryl methyl sites for hydroxylation is 3. The molecule has 0 spiro atoms. The number of imidazole rings is 1. The molecule has 0 aliphatic heterocycles. The maximum atomic E-state index is 5.38. The van der Waals surface area contributed by atoms with Crippen molar-refractivity contribution < 1.29 is 4.74 Å². The fourth-order valence-electron chi connectivity index (χ4n) is 2.21. The van der Waals surface area contributed by atoms with Gasteiger partial charge in [0.15, 0.2) is 0 Å². The van der Waals surface area contributed by atoms with Gasteiger partial charge in [0.05, 0.1) is 17.9 Å². The van der Waals surface area contributed by atoms with Crippen LogP contribution in [0.5, 0.6) is 0 Å². The van der Waals surface area contributed by atoms with E-state index in [0.717, 1.165) is 49.2 Å². The first-order chi connectivity index (χ1) is 10.2. The summed E-state index contributed by atoms with van der Waals surface area (Å²) < 4.78 is 7.52. The van der Waals surface area contributed by atoms with Gasteiger partial charge >= 0.3 is 0 Å². The molecule has 0 radical (unpaired) electrons. The van der Waals surface area contributed by atoms with Crippen molar-refractivity contribution in [1.29, 1.82) is 0 Å². The highest BCUT2D eigenvalue weighted by atomic mass is 16.5. The second-order valence-electron chi connectivity index (χ2n) is 5.07. The van der Waals surface area contributed by atoms with Crippen LogP contribution >= 0.6 is 0 Å². The molecule has 2 heterocycles. The zero-order valence-corrected chi connectivity index (χ0v) is 13.1. The Morgan fingerprint density at radius 2 is 2.05 bits per heavy atom. The Morgan fingerprint density at radius 1 is 1.19 bits per heavy atom. The minimum Gasteiger partial charge on any atom is -0.382 e. The molecule has 2 rings (SSSR count). The summed E-state index contributed by atoms with van der Waals surface area (Å²) in [4.78, 5) is 9.02. The summed E-state index contributed by atoms with van der Waals surface area (Å²) >= 11 is 0. The summed E-state index contributed by atoms with van der Waals surface area (Å²) in [7, 11) is 0. The molecule has 0 aliphatic rings. The van der Waals surface area contributed by atoms with E-state index in [0.29, 0.717) is 6.54 Å². The maximum Gasteiger partial charge on any atom is 0.203 e. The van der Waals surface area contributed by atoms with Crippen LogP contribution in [0.15, 0.2) is 24.4 Å². The number of rotatable bonds is 8. The number of hydrogen-bond acceptors (Lipinski definition) is 4. The molecule has 5 heteroatoms. The minimum atomic E-state index is 0.684. The summed E-state index contributed by atoms with van der Waals surface area (Å²) in [5, 5.41) is 3.37. The van der Waals surface area contributed by atoms with Crippen LogP contribution in [0, 0.1) is 13.8 Å². The van der Waals surface area contributed by atoms with Crippen LogP contribution in [0.4, 0.5) is 5.95 Å². The topological polar surface area (TPSA) is 52.0 Å². The van der Waals surface area contributed by atoms with E-state index in [1.54, 1.807) is 0 Å². The molecule has 0 amide bonds. The molecule has 114 valence electrons. The molecule has 0 fully saturated rings. The largest absolute Gasteiger partial charge is 0.382 e. The third kappa shape index (κ3) is 4.86. The number of nitrogens with zero attached hydrogens (tertiary/aromatic N) is 3. The van der Waals surface area contributed by atoms with E-state index in [2.05, 4.69) is 26.0 Å². The first-order valence-electron chi connectivity index (χ1n) is 7.47. The lowest BCUT2D eigenvalue weighted by atomic mass is 10.3. The first kappa shape index (κ1) is 15.5. The second-order valence-corrected chi connectivity index (χ2v) is 5.07. The number of nitrogens with one attached hydrogen (secondary N) is 1. The van der Waals surface area contributed by atoms with Gasteiger partial charge in [0.25, 0.3) is 0 Å². The molecule has 1 N–H and O–H groups in total. The van der Waals surface area contributed by atoms with Gasteiger partial charge in [0.1, 0.15) is 0 Å². The van der Waals surface area contributed by atoms with E-state index >= 15 is 0 Å². The van der Waals surface area contributed by atoms with Gasteiger partial charge in [-0.1, -0.05) is 6.07 Å². The Labute approximate surface area is 126 Å². The summed E-state index contributed by atoms with van der Waals surface area (Å²) in [6.45, 7) is 9.17. The molecular formula is C16H24N4O. The zero-order valence-electron chi connectivity index (χ0n) is 13.1. The number of aromatic nitrogens is 3. The van der Waals surface area contributed by atoms with Crippen molar-refractivity contribution in [3.05, 3.63) is 41.5 Å². The van der Waals surface area contributed by atoms with Gasteiger partial charge < -0.3 is 14.6 Å². The highest BCUT2D eigenvalue weighted by Crippen LogP contribution is 2.11. The van der Waals surface area contributed by atoms with Gasteiger partial charge in [0.2, 0.25) is 5.95 Å². The van der Waals surface area contributed by atoms with Crippen molar-refractivity contribution in [1.82, 2.24) is 14.5 Å². The van der Waals surface area contributed by atoms with Crippen molar-refractivity contribution in [2.45, 2.75) is 40.3 Å². The van der Waals surface area contributed by atoms with Crippen molar-refractivity contribution in [3.8, 4) is 0 Å². The fraction of sp³-hybridized carbons (Fsp3) is 0.500. The molecule has 2 aromatic rings. The molecule has 0 atom stereocenters. The number of ether oxygens (including phenoxy) is 1. The van der Waals surface area contributed by atoms with E-state index < -0.39 is 0 Å². The minimum absolute atomic E-state index is 0.684. The van der Waals surface area contributed by atoms with Crippen molar-refractivity contribution in [3.63, 3.8) is 0 Å².